The molecule has 0 bridgehead atoms. The third kappa shape index (κ3) is 13.9. The normalized spacial score (nSPS) is 12.4. The molecule has 0 heterocycles. The molecule has 1 atom stereocenters. The summed E-state index contributed by atoms with van der Waals surface area (Å²) >= 11 is 0. The fourth-order valence-corrected chi connectivity index (χ4v) is 0.235. The molecule has 0 spiro atoms. The third-order valence-corrected chi connectivity index (χ3v) is 1.26. The number of aliphatic hydroxyl groups is 3. The van der Waals surface area contributed by atoms with Crippen molar-refractivity contribution in [1.82, 2.24) is 0 Å². The average molecular weight is 204 g/mol. The van der Waals surface area contributed by atoms with Crippen LogP contribution in [0.15, 0.2) is 25.3 Å². The van der Waals surface area contributed by atoms with E-state index in [1.165, 1.54) is 6.92 Å². The molecule has 1 unspecified atom stereocenters. The van der Waals surface area contributed by atoms with E-state index in [1.54, 1.807) is 12.2 Å². The Hall–Kier alpha value is -0.680. The molecule has 0 aliphatic rings. The quantitative estimate of drug-likeness (QED) is 0.345. The molecule has 0 rings (SSSR count). The standard InChI is InChI=1S/C6H10O.C4H10O3/c1-3-5-7-6-4-2;1-3(5)4(2,6)7/h3-4H,1-2,5-6H2;3,5-7H,1-2H3. The van der Waals surface area contributed by atoms with Gasteiger partial charge in [0.15, 0.2) is 5.79 Å². The van der Waals surface area contributed by atoms with Crippen molar-refractivity contribution in [2.24, 2.45) is 0 Å². The second-order valence-corrected chi connectivity index (χ2v) is 2.88. The fourth-order valence-electron chi connectivity index (χ4n) is 0.235. The van der Waals surface area contributed by atoms with Crippen LogP contribution >= 0.6 is 0 Å². The Morgan fingerprint density at radius 2 is 1.57 bits per heavy atom. The molecule has 0 aromatic heterocycles. The molecule has 0 radical (unpaired) electrons. The molecule has 4 nitrogen and oxygen atoms in total. The zero-order chi connectivity index (χ0) is 11.6. The predicted molar refractivity (Wildman–Crippen MR) is 55.7 cm³/mol. The van der Waals surface area contributed by atoms with Crippen LogP contribution in [0, 0.1) is 0 Å². The lowest BCUT2D eigenvalue weighted by Crippen LogP contribution is -2.36. The summed E-state index contributed by atoms with van der Waals surface area (Å²) in [5, 5.41) is 25.2. The van der Waals surface area contributed by atoms with Gasteiger partial charge in [-0.25, -0.2) is 0 Å². The molecule has 0 saturated heterocycles. The highest BCUT2D eigenvalue weighted by Crippen LogP contribution is 2.01. The summed E-state index contributed by atoms with van der Waals surface area (Å²) in [5.41, 5.74) is 0. The molecular weight excluding hydrogens is 184 g/mol. The lowest BCUT2D eigenvalue weighted by molar-refractivity contribution is -0.205. The van der Waals surface area contributed by atoms with Gasteiger partial charge in [-0.1, -0.05) is 12.2 Å². The summed E-state index contributed by atoms with van der Waals surface area (Å²) in [6.45, 7) is 10.6. The lowest BCUT2D eigenvalue weighted by Gasteiger charge is -2.17. The Balaban J connectivity index is 0. The predicted octanol–water partition coefficient (Wildman–Crippen LogP) is 0.443. The molecule has 0 aromatic carbocycles. The van der Waals surface area contributed by atoms with Crippen LogP contribution in [-0.2, 0) is 4.74 Å². The van der Waals surface area contributed by atoms with E-state index < -0.39 is 11.9 Å². The summed E-state index contributed by atoms with van der Waals surface area (Å²) in [4.78, 5) is 0. The molecule has 0 fully saturated rings. The Morgan fingerprint density at radius 1 is 1.29 bits per heavy atom. The molecular formula is C10H20O4. The number of ether oxygens (including phenoxy) is 1. The smallest absolute Gasteiger partial charge is 0.186 e. The van der Waals surface area contributed by atoms with Crippen LogP contribution in [-0.4, -0.2) is 40.4 Å². The van der Waals surface area contributed by atoms with Crippen LogP contribution in [0.1, 0.15) is 13.8 Å². The lowest BCUT2D eigenvalue weighted by atomic mass is 10.2. The van der Waals surface area contributed by atoms with Gasteiger partial charge in [-0.15, -0.1) is 13.2 Å². The van der Waals surface area contributed by atoms with E-state index in [4.69, 9.17) is 20.1 Å². The van der Waals surface area contributed by atoms with Crippen molar-refractivity contribution in [3.63, 3.8) is 0 Å². The van der Waals surface area contributed by atoms with E-state index in [0.717, 1.165) is 6.92 Å². The van der Waals surface area contributed by atoms with Gasteiger partial charge in [-0.2, -0.15) is 0 Å². The van der Waals surface area contributed by atoms with Crippen LogP contribution in [0.3, 0.4) is 0 Å². The number of hydrogen-bond acceptors (Lipinski definition) is 4. The molecule has 0 amide bonds. The first-order valence-electron chi connectivity index (χ1n) is 4.28. The van der Waals surface area contributed by atoms with Gasteiger partial charge in [0.2, 0.25) is 0 Å². The zero-order valence-electron chi connectivity index (χ0n) is 8.81. The molecule has 0 aromatic rings. The van der Waals surface area contributed by atoms with Crippen molar-refractivity contribution in [1.29, 1.82) is 0 Å². The fraction of sp³-hybridized carbons (Fsp3) is 0.600. The Morgan fingerprint density at radius 3 is 1.71 bits per heavy atom. The second-order valence-electron chi connectivity index (χ2n) is 2.88. The summed E-state index contributed by atoms with van der Waals surface area (Å²) in [5.74, 6) is -1.94. The highest BCUT2D eigenvalue weighted by molar-refractivity contribution is 4.68. The van der Waals surface area contributed by atoms with E-state index in [1.807, 2.05) is 0 Å². The van der Waals surface area contributed by atoms with Gasteiger partial charge in [-0.3, -0.25) is 0 Å². The summed E-state index contributed by atoms with van der Waals surface area (Å²) in [6.07, 6.45) is 2.33. The second kappa shape index (κ2) is 8.90. The molecule has 4 heteroatoms. The maximum atomic E-state index is 8.40. The van der Waals surface area contributed by atoms with E-state index in [2.05, 4.69) is 13.2 Å². The zero-order valence-corrected chi connectivity index (χ0v) is 8.81. The van der Waals surface area contributed by atoms with Crippen molar-refractivity contribution < 1.29 is 20.1 Å². The van der Waals surface area contributed by atoms with Crippen molar-refractivity contribution in [2.75, 3.05) is 13.2 Å². The number of rotatable bonds is 5. The van der Waals surface area contributed by atoms with Crippen molar-refractivity contribution in [2.45, 2.75) is 25.7 Å². The van der Waals surface area contributed by atoms with E-state index in [-0.39, 0.29) is 0 Å². The monoisotopic (exact) mass is 204 g/mol. The maximum Gasteiger partial charge on any atom is 0.186 e. The van der Waals surface area contributed by atoms with Gasteiger partial charge in [0.1, 0.15) is 6.10 Å². The van der Waals surface area contributed by atoms with Gasteiger partial charge < -0.3 is 20.1 Å². The third-order valence-electron chi connectivity index (χ3n) is 1.26. The van der Waals surface area contributed by atoms with Crippen molar-refractivity contribution in [3.8, 4) is 0 Å². The average Bonchev–Trinajstić information content (AvgIpc) is 2.05. The van der Waals surface area contributed by atoms with Crippen LogP contribution in [0.5, 0.6) is 0 Å². The highest BCUT2D eigenvalue weighted by Gasteiger charge is 2.21. The molecule has 84 valence electrons. The summed E-state index contributed by atoms with van der Waals surface area (Å²) in [7, 11) is 0. The molecule has 3 N–H and O–H groups in total. The van der Waals surface area contributed by atoms with Crippen molar-refractivity contribution in [3.05, 3.63) is 25.3 Å². The molecule has 0 saturated carbocycles. The number of aliphatic hydroxyl groups excluding tert-OH is 1. The van der Waals surface area contributed by atoms with Crippen molar-refractivity contribution >= 4 is 0 Å². The van der Waals surface area contributed by atoms with Gasteiger partial charge in [-0.05, 0) is 13.8 Å². The summed E-state index contributed by atoms with van der Waals surface area (Å²) < 4.78 is 4.90. The Bertz CT molecular complexity index is 139. The Labute approximate surface area is 85.1 Å². The van der Waals surface area contributed by atoms with Gasteiger partial charge in [0.25, 0.3) is 0 Å². The minimum atomic E-state index is -1.94. The topological polar surface area (TPSA) is 69.9 Å². The van der Waals surface area contributed by atoms with E-state index in [0.29, 0.717) is 13.2 Å². The number of hydrogen-bond donors (Lipinski definition) is 3. The largest absolute Gasteiger partial charge is 0.388 e. The molecule has 14 heavy (non-hydrogen) atoms. The first-order valence-corrected chi connectivity index (χ1v) is 4.28. The van der Waals surface area contributed by atoms with Gasteiger partial charge in [0.05, 0.1) is 13.2 Å². The highest BCUT2D eigenvalue weighted by atomic mass is 16.5. The van der Waals surface area contributed by atoms with Crippen LogP contribution < -0.4 is 0 Å². The summed E-state index contributed by atoms with van der Waals surface area (Å²) in [6, 6.07) is 0. The van der Waals surface area contributed by atoms with Crippen LogP contribution in [0.2, 0.25) is 0 Å². The molecule has 0 aliphatic carbocycles. The van der Waals surface area contributed by atoms with E-state index >= 15 is 0 Å². The van der Waals surface area contributed by atoms with E-state index in [9.17, 15) is 0 Å². The molecule has 0 aliphatic heterocycles. The minimum absolute atomic E-state index is 0.617. The van der Waals surface area contributed by atoms with Gasteiger partial charge in [0, 0.05) is 0 Å². The van der Waals surface area contributed by atoms with Crippen LogP contribution in [0.25, 0.3) is 0 Å². The first-order chi connectivity index (χ1) is 6.36. The Kier molecular flexibility index (Phi) is 10.0. The first kappa shape index (κ1) is 15.8. The van der Waals surface area contributed by atoms with Crippen LogP contribution in [0.4, 0.5) is 0 Å². The minimum Gasteiger partial charge on any atom is -0.388 e. The SMILES string of the molecule is C=CCOCC=C.CC(O)C(C)(O)O. The maximum absolute atomic E-state index is 8.40. The van der Waals surface area contributed by atoms with Gasteiger partial charge >= 0.3 is 0 Å².